The molecule has 124 valence electrons. The Morgan fingerprint density at radius 2 is 1.65 bits per heavy atom. The number of nitrogens with one attached hydrogen (secondary N) is 2. The van der Waals surface area contributed by atoms with Crippen molar-refractivity contribution in [3.8, 4) is 11.5 Å². The van der Waals surface area contributed by atoms with Crippen molar-refractivity contribution in [3.05, 3.63) is 44.2 Å². The topological polar surface area (TPSA) is 96.9 Å². The second kappa shape index (κ2) is 7.15. The van der Waals surface area contributed by atoms with Gasteiger partial charge >= 0.3 is 0 Å². The fourth-order valence-corrected chi connectivity index (χ4v) is 2.16. The Hall–Kier alpha value is -2.54. The van der Waals surface area contributed by atoms with Crippen molar-refractivity contribution in [2.75, 3.05) is 31.4 Å². The number of hydrogen-bond donors (Lipinski definition) is 3. The van der Waals surface area contributed by atoms with Gasteiger partial charge < -0.3 is 25.2 Å². The Bertz CT molecular complexity index is 747. The number of hydrogen-bond acceptors (Lipinski definition) is 7. The molecule has 0 amide bonds. The summed E-state index contributed by atoms with van der Waals surface area (Å²) >= 11 is 0. The van der Waals surface area contributed by atoms with Crippen LogP contribution < -0.4 is 31.0 Å². The van der Waals surface area contributed by atoms with Crippen LogP contribution in [0.3, 0.4) is 0 Å². The lowest BCUT2D eigenvalue weighted by Gasteiger charge is -2.16. The molecule has 3 N–H and O–H groups in total. The van der Waals surface area contributed by atoms with Crippen LogP contribution in [0.2, 0.25) is 0 Å². The monoisotopic (exact) mass is 320 g/mol. The third kappa shape index (κ3) is 3.62. The first kappa shape index (κ1) is 16.8. The number of aliphatic hydroxyl groups excluding tert-OH is 1. The van der Waals surface area contributed by atoms with E-state index in [-0.39, 0.29) is 17.9 Å². The molecule has 2 rings (SSSR count). The number of benzene rings is 1. The van der Waals surface area contributed by atoms with Crippen LogP contribution in [-0.2, 0) is 6.54 Å². The third-order valence-electron chi connectivity index (χ3n) is 3.40. The first-order valence-electron chi connectivity index (χ1n) is 7.18. The smallest absolute Gasteiger partial charge is 0.253 e. The normalized spacial score (nSPS) is 12.0. The fraction of sp³-hybridized carbons (Fsp3) is 0.375. The minimum Gasteiger partial charge on any atom is -0.493 e. The van der Waals surface area contributed by atoms with Crippen LogP contribution in [-0.4, -0.2) is 32.0 Å². The van der Waals surface area contributed by atoms with Crippen LogP contribution >= 0.6 is 0 Å². The Morgan fingerprint density at radius 1 is 1.04 bits per heavy atom. The molecule has 7 heteroatoms. The first-order chi connectivity index (χ1) is 11.0. The summed E-state index contributed by atoms with van der Waals surface area (Å²) in [5, 5.41) is 15.0. The maximum Gasteiger partial charge on any atom is 0.253 e. The zero-order chi connectivity index (χ0) is 17.0. The Morgan fingerprint density at radius 3 is 2.22 bits per heavy atom. The molecule has 0 bridgehead atoms. The highest BCUT2D eigenvalue weighted by Crippen LogP contribution is 2.28. The summed E-state index contributed by atoms with van der Waals surface area (Å²) in [6.45, 7) is 2.15. The Kier molecular flexibility index (Phi) is 5.23. The van der Waals surface area contributed by atoms with Gasteiger partial charge in [-0.15, -0.1) is 0 Å². The second-order valence-electron chi connectivity index (χ2n) is 5.18. The van der Waals surface area contributed by atoms with E-state index in [2.05, 4.69) is 10.6 Å². The number of methoxy groups -OCH3 is 2. The molecule has 23 heavy (non-hydrogen) atoms. The molecular formula is C16H20N2O5. The van der Waals surface area contributed by atoms with E-state index in [1.165, 1.54) is 0 Å². The minimum atomic E-state index is -0.613. The lowest BCUT2D eigenvalue weighted by Crippen LogP contribution is -2.38. The van der Waals surface area contributed by atoms with Crippen molar-refractivity contribution in [1.82, 2.24) is 0 Å². The maximum atomic E-state index is 11.6. The first-order valence-corrected chi connectivity index (χ1v) is 7.18. The van der Waals surface area contributed by atoms with Crippen molar-refractivity contribution >= 4 is 11.4 Å². The molecule has 0 saturated carbocycles. The second-order valence-corrected chi connectivity index (χ2v) is 5.18. The van der Waals surface area contributed by atoms with E-state index in [4.69, 9.17) is 9.47 Å². The summed E-state index contributed by atoms with van der Waals surface area (Å²) in [7, 11) is 3.10. The zero-order valence-corrected chi connectivity index (χ0v) is 13.3. The average Bonchev–Trinajstić information content (AvgIpc) is 2.56. The summed E-state index contributed by atoms with van der Waals surface area (Å²) in [6.07, 6.45) is -0.613. The van der Waals surface area contributed by atoms with E-state index >= 15 is 0 Å². The molecule has 0 aliphatic carbocycles. The number of rotatable bonds is 8. The molecule has 0 saturated heterocycles. The van der Waals surface area contributed by atoms with Gasteiger partial charge in [0.1, 0.15) is 11.4 Å². The van der Waals surface area contributed by atoms with E-state index in [1.807, 2.05) is 6.07 Å². The molecule has 1 atom stereocenters. The summed E-state index contributed by atoms with van der Waals surface area (Å²) in [5.41, 5.74) is 0.206. The van der Waals surface area contributed by atoms with Gasteiger partial charge in [-0.1, -0.05) is 6.07 Å². The van der Waals surface area contributed by atoms with E-state index in [0.29, 0.717) is 18.0 Å². The molecule has 2 aromatic carbocycles. The SMILES string of the molecule is COc1ccc(CNc2c(NC[C@@H](C)O)c(=O)c2=O)cc1OC. The summed E-state index contributed by atoms with van der Waals surface area (Å²) in [5.74, 6) is 1.20. The highest BCUT2D eigenvalue weighted by Gasteiger charge is 2.20. The van der Waals surface area contributed by atoms with Crippen LogP contribution in [0.25, 0.3) is 0 Å². The molecule has 0 aromatic heterocycles. The molecule has 0 fully saturated rings. The van der Waals surface area contributed by atoms with Gasteiger partial charge in [-0.2, -0.15) is 0 Å². The average molecular weight is 320 g/mol. The van der Waals surface area contributed by atoms with Gasteiger partial charge in [0.05, 0.1) is 20.3 Å². The van der Waals surface area contributed by atoms with Crippen LogP contribution in [0.15, 0.2) is 27.8 Å². The fourth-order valence-electron chi connectivity index (χ4n) is 2.16. The summed E-state index contributed by atoms with van der Waals surface area (Å²) < 4.78 is 10.4. The number of aliphatic hydroxyl groups is 1. The highest BCUT2D eigenvalue weighted by atomic mass is 16.5. The molecule has 7 nitrogen and oxygen atoms in total. The summed E-state index contributed by atoms with van der Waals surface area (Å²) in [6, 6.07) is 5.40. The maximum absolute atomic E-state index is 11.6. The number of ether oxygens (including phenoxy) is 2. The predicted octanol–water partition coefficient (Wildman–Crippen LogP) is 0.705. The van der Waals surface area contributed by atoms with E-state index < -0.39 is 17.0 Å². The minimum absolute atomic E-state index is 0.204. The van der Waals surface area contributed by atoms with E-state index in [9.17, 15) is 14.7 Å². The van der Waals surface area contributed by atoms with Crippen molar-refractivity contribution in [1.29, 1.82) is 0 Å². The lowest BCUT2D eigenvalue weighted by molar-refractivity contribution is 0.208. The van der Waals surface area contributed by atoms with Crippen LogP contribution in [0.5, 0.6) is 11.5 Å². The van der Waals surface area contributed by atoms with Gasteiger partial charge in [0.25, 0.3) is 10.9 Å². The molecule has 0 aliphatic heterocycles. The third-order valence-corrected chi connectivity index (χ3v) is 3.40. The molecule has 0 spiro atoms. The summed E-state index contributed by atoms with van der Waals surface area (Å²) in [4.78, 5) is 23.2. The van der Waals surface area contributed by atoms with Gasteiger partial charge in [0, 0.05) is 13.1 Å². The van der Waals surface area contributed by atoms with Crippen LogP contribution in [0.4, 0.5) is 11.4 Å². The molecule has 0 radical (unpaired) electrons. The molecule has 0 unspecified atom stereocenters. The van der Waals surface area contributed by atoms with Crippen molar-refractivity contribution in [3.63, 3.8) is 0 Å². The standard InChI is InChI=1S/C16H20N2O5/c1-9(19)7-17-13-14(16(21)15(13)20)18-8-10-4-5-11(22-2)12(6-10)23-3/h4-6,9,17-19H,7-8H2,1-3H3/t9-/m1/s1. The van der Waals surface area contributed by atoms with Gasteiger partial charge in [-0.25, -0.2) is 0 Å². The molecular weight excluding hydrogens is 300 g/mol. The zero-order valence-electron chi connectivity index (χ0n) is 13.3. The Labute approximate surface area is 133 Å². The molecule has 0 heterocycles. The van der Waals surface area contributed by atoms with Gasteiger partial charge in [-0.3, -0.25) is 9.59 Å². The highest BCUT2D eigenvalue weighted by molar-refractivity contribution is 5.74. The van der Waals surface area contributed by atoms with E-state index in [1.54, 1.807) is 33.3 Å². The predicted molar refractivity (Wildman–Crippen MR) is 88.4 cm³/mol. The number of anilines is 2. The largest absolute Gasteiger partial charge is 0.493 e. The van der Waals surface area contributed by atoms with Crippen LogP contribution in [0.1, 0.15) is 12.5 Å². The molecule has 2 aromatic rings. The molecule has 0 aliphatic rings. The van der Waals surface area contributed by atoms with Crippen molar-refractivity contribution < 1.29 is 14.6 Å². The van der Waals surface area contributed by atoms with Crippen LogP contribution in [0, 0.1) is 0 Å². The van der Waals surface area contributed by atoms with Gasteiger partial charge in [-0.05, 0) is 24.6 Å². The quantitative estimate of drug-likeness (QED) is 0.616. The van der Waals surface area contributed by atoms with Crippen molar-refractivity contribution in [2.45, 2.75) is 19.6 Å². The Balaban J connectivity index is 2.08. The van der Waals surface area contributed by atoms with Crippen molar-refractivity contribution in [2.24, 2.45) is 0 Å². The van der Waals surface area contributed by atoms with Gasteiger partial charge in [0.2, 0.25) is 0 Å². The van der Waals surface area contributed by atoms with E-state index in [0.717, 1.165) is 5.56 Å². The lowest BCUT2D eigenvalue weighted by atomic mass is 10.1. The van der Waals surface area contributed by atoms with Gasteiger partial charge in [0.15, 0.2) is 11.5 Å².